The maximum Gasteiger partial charge on any atom is 0.226 e. The van der Waals surface area contributed by atoms with E-state index in [9.17, 15) is 4.79 Å². The molecular formula is C23H27N5O. The van der Waals surface area contributed by atoms with E-state index < -0.39 is 0 Å². The van der Waals surface area contributed by atoms with E-state index in [1.165, 1.54) is 0 Å². The van der Waals surface area contributed by atoms with Crippen LogP contribution in [0.5, 0.6) is 0 Å². The Balaban J connectivity index is 1.58. The SMILES string of the molecule is Cc1cc(-c2cnc(NC(C)C)nc2)nc2ccc(CC(=O)N3CCCC3)cc12. The predicted octanol–water partition coefficient (Wildman–Crippen LogP) is 3.99. The molecule has 150 valence electrons. The molecule has 0 bridgehead atoms. The van der Waals surface area contributed by atoms with E-state index in [0.717, 1.165) is 59.2 Å². The van der Waals surface area contributed by atoms with Crippen LogP contribution in [0.25, 0.3) is 22.2 Å². The van der Waals surface area contributed by atoms with Crippen LogP contribution in [0.1, 0.15) is 37.8 Å². The van der Waals surface area contributed by atoms with E-state index in [1.54, 1.807) is 12.4 Å². The van der Waals surface area contributed by atoms with E-state index in [0.29, 0.717) is 12.4 Å². The van der Waals surface area contributed by atoms with Crippen LogP contribution in [-0.4, -0.2) is 44.9 Å². The highest BCUT2D eigenvalue weighted by Gasteiger charge is 2.18. The molecule has 1 aromatic carbocycles. The highest BCUT2D eigenvalue weighted by atomic mass is 16.2. The van der Waals surface area contributed by atoms with Gasteiger partial charge in [0, 0.05) is 42.5 Å². The molecule has 3 aromatic rings. The predicted molar refractivity (Wildman–Crippen MR) is 116 cm³/mol. The highest BCUT2D eigenvalue weighted by Crippen LogP contribution is 2.25. The first-order chi connectivity index (χ1) is 14.0. The Morgan fingerprint density at radius 2 is 1.86 bits per heavy atom. The number of anilines is 1. The van der Waals surface area contributed by atoms with Crippen LogP contribution >= 0.6 is 0 Å². The van der Waals surface area contributed by atoms with E-state index in [4.69, 9.17) is 4.98 Å². The molecule has 4 rings (SSSR count). The second kappa shape index (κ2) is 8.15. The Kier molecular flexibility index (Phi) is 5.43. The maximum atomic E-state index is 12.5. The van der Waals surface area contributed by atoms with Gasteiger partial charge < -0.3 is 10.2 Å². The smallest absolute Gasteiger partial charge is 0.226 e. The van der Waals surface area contributed by atoms with Crippen LogP contribution < -0.4 is 5.32 Å². The monoisotopic (exact) mass is 389 g/mol. The second-order valence-corrected chi connectivity index (χ2v) is 8.03. The Hall–Kier alpha value is -3.02. The molecule has 1 N–H and O–H groups in total. The number of pyridine rings is 1. The van der Waals surface area contributed by atoms with E-state index in [-0.39, 0.29) is 11.9 Å². The average molecular weight is 390 g/mol. The molecule has 6 nitrogen and oxygen atoms in total. The Labute approximate surface area is 171 Å². The number of likely N-dealkylation sites (tertiary alicyclic amines) is 1. The second-order valence-electron chi connectivity index (χ2n) is 8.03. The normalized spacial score (nSPS) is 14.0. The molecule has 2 aromatic heterocycles. The summed E-state index contributed by atoms with van der Waals surface area (Å²) in [6, 6.07) is 8.46. The number of hydrogen-bond acceptors (Lipinski definition) is 5. The van der Waals surface area contributed by atoms with Crippen molar-refractivity contribution in [3.05, 3.63) is 47.8 Å². The molecule has 0 atom stereocenters. The molecule has 6 heteroatoms. The lowest BCUT2D eigenvalue weighted by Crippen LogP contribution is -2.29. The summed E-state index contributed by atoms with van der Waals surface area (Å²) < 4.78 is 0. The van der Waals surface area contributed by atoms with Gasteiger partial charge in [-0.2, -0.15) is 0 Å². The van der Waals surface area contributed by atoms with Crippen molar-refractivity contribution in [1.82, 2.24) is 19.9 Å². The molecule has 0 unspecified atom stereocenters. The summed E-state index contributed by atoms with van der Waals surface area (Å²) in [4.78, 5) is 28.0. The number of benzene rings is 1. The van der Waals surface area contributed by atoms with Crippen LogP contribution in [0.15, 0.2) is 36.7 Å². The number of aromatic nitrogens is 3. The van der Waals surface area contributed by atoms with Crippen LogP contribution in [0.4, 0.5) is 5.95 Å². The van der Waals surface area contributed by atoms with Crippen LogP contribution in [0.3, 0.4) is 0 Å². The Morgan fingerprint density at radius 3 is 2.55 bits per heavy atom. The molecule has 1 fully saturated rings. The lowest BCUT2D eigenvalue weighted by atomic mass is 10.0. The van der Waals surface area contributed by atoms with Crippen LogP contribution in [0, 0.1) is 6.92 Å². The molecule has 1 amide bonds. The van der Waals surface area contributed by atoms with Gasteiger partial charge in [-0.25, -0.2) is 15.0 Å². The molecule has 1 saturated heterocycles. The van der Waals surface area contributed by atoms with Gasteiger partial charge in [-0.05, 0) is 62.9 Å². The third-order valence-electron chi connectivity index (χ3n) is 5.26. The lowest BCUT2D eigenvalue weighted by Gasteiger charge is -2.15. The van der Waals surface area contributed by atoms with Crippen molar-refractivity contribution in [3.63, 3.8) is 0 Å². The van der Waals surface area contributed by atoms with Crippen molar-refractivity contribution in [1.29, 1.82) is 0 Å². The first-order valence-electron chi connectivity index (χ1n) is 10.3. The van der Waals surface area contributed by atoms with Gasteiger partial charge in [0.25, 0.3) is 0 Å². The zero-order valence-electron chi connectivity index (χ0n) is 17.3. The molecule has 0 spiro atoms. The molecule has 0 aliphatic carbocycles. The summed E-state index contributed by atoms with van der Waals surface area (Å²) in [7, 11) is 0. The summed E-state index contributed by atoms with van der Waals surface area (Å²) in [5, 5.41) is 4.28. The van der Waals surface area contributed by atoms with Gasteiger partial charge in [0.1, 0.15) is 0 Å². The van der Waals surface area contributed by atoms with Crippen molar-refractivity contribution in [3.8, 4) is 11.3 Å². The summed E-state index contributed by atoms with van der Waals surface area (Å²) >= 11 is 0. The number of amides is 1. The zero-order valence-corrected chi connectivity index (χ0v) is 17.3. The quantitative estimate of drug-likeness (QED) is 0.714. The molecule has 1 aliphatic rings. The maximum absolute atomic E-state index is 12.5. The number of rotatable bonds is 5. The Morgan fingerprint density at radius 1 is 1.14 bits per heavy atom. The van der Waals surface area contributed by atoms with Crippen molar-refractivity contribution < 1.29 is 4.79 Å². The van der Waals surface area contributed by atoms with Gasteiger partial charge in [0.15, 0.2) is 0 Å². The zero-order chi connectivity index (χ0) is 20.4. The van der Waals surface area contributed by atoms with E-state index in [1.807, 2.05) is 17.0 Å². The van der Waals surface area contributed by atoms with Crippen LogP contribution in [0.2, 0.25) is 0 Å². The van der Waals surface area contributed by atoms with Gasteiger partial charge in [0.05, 0.1) is 17.6 Å². The standard InChI is InChI=1S/C23H27N5O/c1-15(2)26-23-24-13-18(14-25-23)21-10-16(3)19-11-17(6-7-20(19)27-21)12-22(29)28-8-4-5-9-28/h6-7,10-11,13-15H,4-5,8-9,12H2,1-3H3,(H,24,25,26). The number of aryl methyl sites for hydroxylation is 1. The van der Waals surface area contributed by atoms with Gasteiger partial charge in [-0.3, -0.25) is 4.79 Å². The fourth-order valence-electron chi connectivity index (χ4n) is 3.75. The largest absolute Gasteiger partial charge is 0.352 e. The number of carbonyl (C=O) groups excluding carboxylic acids is 1. The number of hydrogen-bond donors (Lipinski definition) is 1. The first-order valence-corrected chi connectivity index (χ1v) is 10.3. The summed E-state index contributed by atoms with van der Waals surface area (Å²) in [5.41, 5.74) is 4.83. The number of fused-ring (bicyclic) bond motifs is 1. The number of carbonyl (C=O) groups is 1. The molecule has 29 heavy (non-hydrogen) atoms. The lowest BCUT2D eigenvalue weighted by molar-refractivity contribution is -0.129. The summed E-state index contributed by atoms with van der Waals surface area (Å²) in [6.45, 7) is 7.97. The van der Waals surface area contributed by atoms with Gasteiger partial charge >= 0.3 is 0 Å². The average Bonchev–Trinajstić information content (AvgIpc) is 3.23. The Bertz CT molecular complexity index is 1020. The minimum atomic E-state index is 0.219. The molecule has 0 saturated carbocycles. The summed E-state index contributed by atoms with van der Waals surface area (Å²) in [5.74, 6) is 0.838. The minimum absolute atomic E-state index is 0.219. The van der Waals surface area contributed by atoms with Gasteiger partial charge in [-0.1, -0.05) is 6.07 Å². The number of nitrogens with zero attached hydrogens (tertiary/aromatic N) is 4. The fourth-order valence-corrected chi connectivity index (χ4v) is 3.75. The third-order valence-corrected chi connectivity index (χ3v) is 5.26. The van der Waals surface area contributed by atoms with Crippen molar-refractivity contribution >= 4 is 22.8 Å². The summed E-state index contributed by atoms with van der Waals surface area (Å²) in [6.07, 6.45) is 6.29. The van der Waals surface area contributed by atoms with Crippen molar-refractivity contribution in [2.24, 2.45) is 0 Å². The minimum Gasteiger partial charge on any atom is -0.352 e. The molecule has 3 heterocycles. The highest BCUT2D eigenvalue weighted by molar-refractivity contribution is 5.87. The van der Waals surface area contributed by atoms with Crippen molar-refractivity contribution in [2.45, 2.75) is 46.1 Å². The van der Waals surface area contributed by atoms with Gasteiger partial charge in [0.2, 0.25) is 11.9 Å². The fraction of sp³-hybridized carbons (Fsp3) is 0.391. The van der Waals surface area contributed by atoms with Crippen molar-refractivity contribution in [2.75, 3.05) is 18.4 Å². The molecule has 0 radical (unpaired) electrons. The first kappa shape index (κ1) is 19.3. The van der Waals surface area contributed by atoms with E-state index >= 15 is 0 Å². The topological polar surface area (TPSA) is 71.0 Å². The third kappa shape index (κ3) is 4.36. The van der Waals surface area contributed by atoms with Crippen LogP contribution in [-0.2, 0) is 11.2 Å². The van der Waals surface area contributed by atoms with E-state index in [2.05, 4.69) is 48.2 Å². The number of nitrogens with one attached hydrogen (secondary N) is 1. The molecular weight excluding hydrogens is 362 g/mol. The molecule has 1 aliphatic heterocycles. The van der Waals surface area contributed by atoms with Gasteiger partial charge in [-0.15, -0.1) is 0 Å².